The van der Waals surface area contributed by atoms with Crippen LogP contribution in [-0.4, -0.2) is 49.3 Å². The van der Waals surface area contributed by atoms with E-state index in [2.05, 4.69) is 4.98 Å². The van der Waals surface area contributed by atoms with E-state index in [-0.39, 0.29) is 5.82 Å². The van der Waals surface area contributed by atoms with Gasteiger partial charge in [-0.15, -0.1) is 0 Å². The fourth-order valence-electron chi connectivity index (χ4n) is 2.25. The van der Waals surface area contributed by atoms with Crippen molar-refractivity contribution >= 4 is 5.82 Å². The van der Waals surface area contributed by atoms with E-state index >= 15 is 0 Å². The van der Waals surface area contributed by atoms with Crippen LogP contribution in [0.15, 0.2) is 29.2 Å². The summed E-state index contributed by atoms with van der Waals surface area (Å²) < 4.78 is 6.53. The van der Waals surface area contributed by atoms with Gasteiger partial charge in [-0.2, -0.15) is 4.98 Å². The number of nitrogens with two attached hydrogens (primary N) is 1. The molecule has 5 N–H and O–H groups in total. The van der Waals surface area contributed by atoms with E-state index in [9.17, 15) is 20.1 Å². The Hall–Kier alpha value is -1.74. The number of hydrogen-bond donors (Lipinski definition) is 4. The highest BCUT2D eigenvalue weighted by molar-refractivity contribution is 5.24. The number of nitrogens with zero attached hydrogens (tertiary/aromatic N) is 2. The van der Waals surface area contributed by atoms with Crippen molar-refractivity contribution in [3.8, 4) is 0 Å². The van der Waals surface area contributed by atoms with Crippen LogP contribution in [0.5, 0.6) is 0 Å². The summed E-state index contributed by atoms with van der Waals surface area (Å²) in [5.41, 5.74) is 3.22. The molecular formula is C12H17N3O5. The molecule has 1 aliphatic rings. The van der Waals surface area contributed by atoms with Gasteiger partial charge >= 0.3 is 5.69 Å². The molecule has 0 spiro atoms. The van der Waals surface area contributed by atoms with E-state index in [0.29, 0.717) is 0 Å². The standard InChI is InChI=1S/C12H17N3O5/c1-2-4-12(6-16)9(18)8(17)10(20-12)15-5-3-7(13)14-11(15)19/h2-5,8-10,16-18H,6H2,1H3,(H2,13,14,19)/t8-,9+,10-,12-/m1/s1. The molecule has 1 saturated heterocycles. The molecule has 8 heteroatoms. The summed E-state index contributed by atoms with van der Waals surface area (Å²) in [5.74, 6) is 0.0427. The zero-order valence-electron chi connectivity index (χ0n) is 10.9. The Morgan fingerprint density at radius 2 is 2.30 bits per heavy atom. The quantitative estimate of drug-likeness (QED) is 0.490. The molecular weight excluding hydrogens is 266 g/mol. The predicted octanol–water partition coefficient (Wildman–Crippen LogP) is -1.62. The predicted molar refractivity (Wildman–Crippen MR) is 69.7 cm³/mol. The average molecular weight is 283 g/mol. The summed E-state index contributed by atoms with van der Waals surface area (Å²) in [4.78, 5) is 15.3. The summed E-state index contributed by atoms with van der Waals surface area (Å²) in [6.07, 6.45) is 0.414. The van der Waals surface area contributed by atoms with Gasteiger partial charge in [0, 0.05) is 6.20 Å². The molecule has 0 aliphatic carbocycles. The van der Waals surface area contributed by atoms with Crippen molar-refractivity contribution in [2.75, 3.05) is 12.3 Å². The van der Waals surface area contributed by atoms with Gasteiger partial charge in [0.05, 0.1) is 6.61 Å². The molecule has 110 valence electrons. The van der Waals surface area contributed by atoms with Crippen molar-refractivity contribution in [3.63, 3.8) is 0 Å². The zero-order valence-corrected chi connectivity index (χ0v) is 10.9. The number of rotatable bonds is 3. The fraction of sp³-hybridized carbons (Fsp3) is 0.500. The van der Waals surface area contributed by atoms with Crippen LogP contribution in [0.4, 0.5) is 5.82 Å². The summed E-state index contributed by atoms with van der Waals surface area (Å²) >= 11 is 0. The highest BCUT2D eigenvalue weighted by atomic mass is 16.6. The topological polar surface area (TPSA) is 131 Å². The summed E-state index contributed by atoms with van der Waals surface area (Å²) in [6, 6.07) is 1.37. The van der Waals surface area contributed by atoms with Crippen molar-refractivity contribution in [1.29, 1.82) is 0 Å². The lowest BCUT2D eigenvalue weighted by Gasteiger charge is -2.26. The molecule has 1 aliphatic heterocycles. The minimum Gasteiger partial charge on any atom is -0.393 e. The van der Waals surface area contributed by atoms with Crippen LogP contribution < -0.4 is 11.4 Å². The lowest BCUT2D eigenvalue weighted by atomic mass is 9.95. The first kappa shape index (κ1) is 14.7. The second kappa shape index (κ2) is 5.33. The molecule has 1 fully saturated rings. The number of nitrogen functional groups attached to an aromatic ring is 1. The minimum atomic E-state index is -1.46. The average Bonchev–Trinajstić information content (AvgIpc) is 2.65. The number of aliphatic hydroxyl groups is 3. The van der Waals surface area contributed by atoms with E-state index in [1.165, 1.54) is 18.3 Å². The number of aromatic nitrogens is 2. The van der Waals surface area contributed by atoms with E-state index in [1.807, 2.05) is 0 Å². The molecule has 0 unspecified atom stereocenters. The Bertz CT molecular complexity index is 572. The van der Waals surface area contributed by atoms with Crippen molar-refractivity contribution in [2.45, 2.75) is 31.0 Å². The van der Waals surface area contributed by atoms with Gasteiger partial charge in [0.15, 0.2) is 6.23 Å². The third kappa shape index (κ3) is 2.22. The van der Waals surface area contributed by atoms with Crippen molar-refractivity contribution in [1.82, 2.24) is 9.55 Å². The molecule has 2 heterocycles. The molecule has 0 amide bonds. The van der Waals surface area contributed by atoms with Gasteiger partial charge in [0.25, 0.3) is 0 Å². The van der Waals surface area contributed by atoms with Gasteiger partial charge < -0.3 is 25.8 Å². The van der Waals surface area contributed by atoms with Gasteiger partial charge in [-0.25, -0.2) is 4.79 Å². The van der Waals surface area contributed by atoms with Gasteiger partial charge in [-0.05, 0) is 13.0 Å². The minimum absolute atomic E-state index is 0.0427. The summed E-state index contributed by atoms with van der Waals surface area (Å²) in [7, 11) is 0. The number of aliphatic hydroxyl groups excluding tert-OH is 3. The third-order valence-corrected chi connectivity index (χ3v) is 3.28. The summed E-state index contributed by atoms with van der Waals surface area (Å²) in [6.45, 7) is 1.15. The molecule has 8 nitrogen and oxygen atoms in total. The Balaban J connectivity index is 2.42. The molecule has 20 heavy (non-hydrogen) atoms. The van der Waals surface area contributed by atoms with Crippen LogP contribution in [0.25, 0.3) is 0 Å². The van der Waals surface area contributed by atoms with Crippen LogP contribution in [0.3, 0.4) is 0 Å². The molecule has 2 rings (SSSR count). The van der Waals surface area contributed by atoms with Crippen LogP contribution in [0.2, 0.25) is 0 Å². The van der Waals surface area contributed by atoms with Crippen molar-refractivity contribution in [2.24, 2.45) is 0 Å². The Kier molecular flexibility index (Phi) is 3.91. The van der Waals surface area contributed by atoms with Crippen molar-refractivity contribution in [3.05, 3.63) is 34.9 Å². The van der Waals surface area contributed by atoms with Crippen LogP contribution in [0.1, 0.15) is 13.2 Å². The maximum atomic E-state index is 11.8. The number of allylic oxidation sites excluding steroid dienone is 1. The number of ether oxygens (including phenoxy) is 1. The Labute approximate surface area is 114 Å². The molecule has 0 saturated carbocycles. The maximum absolute atomic E-state index is 11.8. The SMILES string of the molecule is CC=C[C@]1(CO)O[C@@H](n2ccc(N)nc2=O)[C@H](O)[C@@H]1O. The third-order valence-electron chi connectivity index (χ3n) is 3.28. The maximum Gasteiger partial charge on any atom is 0.351 e. The highest BCUT2D eigenvalue weighted by Gasteiger charge is 2.53. The van der Waals surface area contributed by atoms with Crippen molar-refractivity contribution < 1.29 is 20.1 Å². The van der Waals surface area contributed by atoms with E-state index in [4.69, 9.17) is 10.5 Å². The summed E-state index contributed by atoms with van der Waals surface area (Å²) in [5, 5.41) is 29.6. The van der Waals surface area contributed by atoms with Crippen LogP contribution in [0, 0.1) is 0 Å². The normalized spacial score (nSPS) is 33.9. The zero-order chi connectivity index (χ0) is 14.9. The second-order valence-corrected chi connectivity index (χ2v) is 4.60. The molecule has 1 aromatic heterocycles. The van der Waals surface area contributed by atoms with Crippen LogP contribution in [-0.2, 0) is 4.74 Å². The first-order chi connectivity index (χ1) is 9.45. The molecule has 0 radical (unpaired) electrons. The first-order valence-electron chi connectivity index (χ1n) is 6.08. The Morgan fingerprint density at radius 3 is 2.85 bits per heavy atom. The fourth-order valence-corrected chi connectivity index (χ4v) is 2.25. The number of anilines is 1. The first-order valence-corrected chi connectivity index (χ1v) is 6.08. The molecule has 4 atom stereocenters. The Morgan fingerprint density at radius 1 is 1.60 bits per heavy atom. The van der Waals surface area contributed by atoms with E-state index in [1.54, 1.807) is 13.0 Å². The lowest BCUT2D eigenvalue weighted by Crippen LogP contribution is -2.44. The lowest BCUT2D eigenvalue weighted by molar-refractivity contribution is -0.0995. The molecule has 1 aromatic rings. The second-order valence-electron chi connectivity index (χ2n) is 4.60. The van der Waals surface area contributed by atoms with E-state index < -0.39 is 36.3 Å². The number of hydrogen-bond acceptors (Lipinski definition) is 7. The smallest absolute Gasteiger partial charge is 0.351 e. The highest BCUT2D eigenvalue weighted by Crippen LogP contribution is 2.37. The molecule has 0 bridgehead atoms. The van der Waals surface area contributed by atoms with Crippen LogP contribution >= 0.6 is 0 Å². The monoisotopic (exact) mass is 283 g/mol. The van der Waals surface area contributed by atoms with Gasteiger partial charge in [0.2, 0.25) is 0 Å². The van der Waals surface area contributed by atoms with Gasteiger partial charge in [-0.1, -0.05) is 12.2 Å². The van der Waals surface area contributed by atoms with Gasteiger partial charge in [0.1, 0.15) is 23.6 Å². The van der Waals surface area contributed by atoms with Gasteiger partial charge in [-0.3, -0.25) is 4.57 Å². The molecule has 0 aromatic carbocycles. The largest absolute Gasteiger partial charge is 0.393 e. The van der Waals surface area contributed by atoms with E-state index in [0.717, 1.165) is 4.57 Å².